The molecule has 1 N–H and O–H groups in total. The van der Waals surface area contributed by atoms with Gasteiger partial charge in [-0.25, -0.2) is 0 Å². The summed E-state index contributed by atoms with van der Waals surface area (Å²) in [4.78, 5) is 30.1. The van der Waals surface area contributed by atoms with Crippen molar-refractivity contribution < 1.29 is 28.5 Å². The number of hydrogen-bond acceptors (Lipinski definition) is 7. The van der Waals surface area contributed by atoms with Gasteiger partial charge in [-0.05, 0) is 60.5 Å². The summed E-state index contributed by atoms with van der Waals surface area (Å²) in [5, 5.41) is 3.14. The predicted molar refractivity (Wildman–Crippen MR) is 154 cm³/mol. The Morgan fingerprint density at radius 2 is 1.78 bits per heavy atom. The standard InChI is InChI=1S/C32H37N3O6/c1-34-17-22-11-13-28(39-3)29(16-22)41-25-9-6-7-23(15-25)21-40-30-19-35(18-26(30)33-31(36)20-34)32(37)14-12-24-8-4-5-10-27(24)38-2/h4-11,13,15-16,26,30H,12,14,17-21H2,1-3H3,(H,33,36)/t26-,30-/m0/s1. The molecule has 0 unspecified atom stereocenters. The van der Waals surface area contributed by atoms with Crippen molar-refractivity contribution in [1.29, 1.82) is 0 Å². The highest BCUT2D eigenvalue weighted by atomic mass is 16.5. The van der Waals surface area contributed by atoms with E-state index in [2.05, 4.69) is 5.32 Å². The van der Waals surface area contributed by atoms with Gasteiger partial charge in [-0.1, -0.05) is 36.4 Å². The van der Waals surface area contributed by atoms with Crippen LogP contribution in [0.2, 0.25) is 0 Å². The van der Waals surface area contributed by atoms with Crippen LogP contribution in [0.3, 0.4) is 0 Å². The van der Waals surface area contributed by atoms with Gasteiger partial charge in [0.25, 0.3) is 0 Å². The number of fused-ring (bicyclic) bond motifs is 5. The van der Waals surface area contributed by atoms with E-state index < -0.39 is 0 Å². The molecular weight excluding hydrogens is 522 g/mol. The van der Waals surface area contributed by atoms with Crippen LogP contribution in [0.4, 0.5) is 0 Å². The smallest absolute Gasteiger partial charge is 0.234 e. The third kappa shape index (κ3) is 7.17. The number of methoxy groups -OCH3 is 2. The zero-order chi connectivity index (χ0) is 28.8. The van der Waals surface area contributed by atoms with Crippen LogP contribution in [-0.4, -0.2) is 74.7 Å². The minimum atomic E-state index is -0.343. The first-order valence-electron chi connectivity index (χ1n) is 13.8. The van der Waals surface area contributed by atoms with Crippen molar-refractivity contribution in [2.75, 3.05) is 40.9 Å². The van der Waals surface area contributed by atoms with E-state index in [9.17, 15) is 9.59 Å². The monoisotopic (exact) mass is 559 g/mol. The number of likely N-dealkylation sites (N-methyl/N-ethyl adjacent to an activating group) is 1. The van der Waals surface area contributed by atoms with E-state index in [4.69, 9.17) is 18.9 Å². The zero-order valence-electron chi connectivity index (χ0n) is 23.8. The molecule has 41 heavy (non-hydrogen) atoms. The number of carbonyl (C=O) groups excluding carboxylic acids is 2. The largest absolute Gasteiger partial charge is 0.496 e. The van der Waals surface area contributed by atoms with Crippen molar-refractivity contribution in [3.05, 3.63) is 83.4 Å². The normalized spacial score (nSPS) is 19.6. The molecule has 2 heterocycles. The number of aryl methyl sites for hydroxylation is 1. The molecule has 1 fully saturated rings. The fraction of sp³-hybridized carbons (Fsp3) is 0.375. The molecule has 0 saturated carbocycles. The van der Waals surface area contributed by atoms with Gasteiger partial charge in [0.1, 0.15) is 11.5 Å². The number of likely N-dealkylation sites (tertiary alicyclic amines) is 1. The average molecular weight is 560 g/mol. The van der Waals surface area contributed by atoms with Crippen molar-refractivity contribution >= 4 is 11.8 Å². The number of para-hydroxylation sites is 1. The van der Waals surface area contributed by atoms with Crippen molar-refractivity contribution in [2.45, 2.75) is 38.1 Å². The maximum atomic E-state index is 13.2. The first-order valence-corrected chi connectivity index (χ1v) is 13.8. The van der Waals surface area contributed by atoms with Crippen molar-refractivity contribution in [2.24, 2.45) is 0 Å². The lowest BCUT2D eigenvalue weighted by atomic mass is 10.1. The van der Waals surface area contributed by atoms with Gasteiger partial charge in [-0.15, -0.1) is 0 Å². The lowest BCUT2D eigenvalue weighted by Crippen LogP contribution is -2.47. The molecule has 5 rings (SSSR count). The molecule has 0 aromatic heterocycles. The predicted octanol–water partition coefficient (Wildman–Crippen LogP) is 3.79. The van der Waals surface area contributed by atoms with Crippen molar-refractivity contribution in [1.82, 2.24) is 15.1 Å². The van der Waals surface area contributed by atoms with E-state index in [1.165, 1.54) is 0 Å². The van der Waals surface area contributed by atoms with Gasteiger partial charge >= 0.3 is 0 Å². The SMILES string of the molecule is COc1ccccc1CCC(=O)N1C[C@@H]2NC(=O)CN(C)Cc3ccc(OC)c(c3)Oc3cccc(c3)CO[C@H]2C1. The molecule has 0 aliphatic carbocycles. The number of nitrogens with one attached hydrogen (secondary N) is 1. The van der Waals surface area contributed by atoms with Crippen molar-refractivity contribution in [3.8, 4) is 23.0 Å². The molecule has 0 radical (unpaired) electrons. The third-order valence-corrected chi connectivity index (χ3v) is 7.45. The first kappa shape index (κ1) is 28.4. The summed E-state index contributed by atoms with van der Waals surface area (Å²) in [7, 11) is 5.14. The second kappa shape index (κ2) is 13.1. The number of ether oxygens (including phenoxy) is 4. The lowest BCUT2D eigenvalue weighted by Gasteiger charge is -2.23. The Morgan fingerprint density at radius 1 is 0.951 bits per heavy atom. The number of nitrogens with zero attached hydrogens (tertiary/aromatic N) is 2. The Kier molecular flexibility index (Phi) is 9.06. The zero-order valence-corrected chi connectivity index (χ0v) is 23.8. The molecule has 0 spiro atoms. The quantitative estimate of drug-likeness (QED) is 0.509. The van der Waals surface area contributed by atoms with Gasteiger partial charge in [0, 0.05) is 26.1 Å². The van der Waals surface area contributed by atoms with Gasteiger partial charge in [0.2, 0.25) is 11.8 Å². The molecule has 3 aromatic carbocycles. The molecule has 4 bridgehead atoms. The number of carbonyl (C=O) groups is 2. The minimum absolute atomic E-state index is 0.0212. The van der Waals surface area contributed by atoms with E-state index >= 15 is 0 Å². The van der Waals surface area contributed by atoms with Crippen LogP contribution in [0.15, 0.2) is 66.7 Å². The third-order valence-electron chi connectivity index (χ3n) is 7.45. The van der Waals surface area contributed by atoms with Gasteiger partial charge in [0.05, 0.1) is 39.5 Å². The fourth-order valence-electron chi connectivity index (χ4n) is 5.39. The Labute approximate surface area is 240 Å². The van der Waals surface area contributed by atoms with Crippen molar-refractivity contribution in [3.63, 3.8) is 0 Å². The van der Waals surface area contributed by atoms with Gasteiger partial charge < -0.3 is 29.2 Å². The van der Waals surface area contributed by atoms with Gasteiger partial charge in [-0.3, -0.25) is 14.5 Å². The summed E-state index contributed by atoms with van der Waals surface area (Å²) in [5.74, 6) is 2.58. The second-order valence-electron chi connectivity index (χ2n) is 10.5. The number of rotatable bonds is 5. The van der Waals surface area contributed by atoms with Gasteiger partial charge in [0.15, 0.2) is 11.5 Å². The molecule has 9 heteroatoms. The maximum absolute atomic E-state index is 13.2. The molecule has 2 amide bonds. The summed E-state index contributed by atoms with van der Waals surface area (Å²) in [6, 6.07) is 20.9. The van der Waals surface area contributed by atoms with Crippen LogP contribution >= 0.6 is 0 Å². The Hall–Kier alpha value is -4.08. The van der Waals surface area contributed by atoms with E-state index in [0.29, 0.717) is 56.3 Å². The van der Waals surface area contributed by atoms with Crippen LogP contribution < -0.4 is 19.5 Å². The molecule has 3 aromatic rings. The second-order valence-corrected chi connectivity index (χ2v) is 10.5. The summed E-state index contributed by atoms with van der Waals surface area (Å²) in [6.07, 6.45) is 0.577. The molecule has 9 nitrogen and oxygen atoms in total. The first-order chi connectivity index (χ1) is 19.9. The number of hydrogen-bond donors (Lipinski definition) is 1. The molecule has 2 atom stereocenters. The lowest BCUT2D eigenvalue weighted by molar-refractivity contribution is -0.130. The van der Waals surface area contributed by atoms with Crippen LogP contribution in [0.1, 0.15) is 23.1 Å². The van der Waals surface area contributed by atoms with E-state index in [-0.39, 0.29) is 30.5 Å². The van der Waals surface area contributed by atoms with Crippen LogP contribution in [-0.2, 0) is 33.9 Å². The highest BCUT2D eigenvalue weighted by Gasteiger charge is 2.37. The highest BCUT2D eigenvalue weighted by Crippen LogP contribution is 2.33. The number of benzene rings is 3. The van der Waals surface area contributed by atoms with E-state index in [0.717, 1.165) is 22.4 Å². The van der Waals surface area contributed by atoms with Crippen LogP contribution in [0, 0.1) is 0 Å². The molecular formula is C32H37N3O6. The minimum Gasteiger partial charge on any atom is -0.496 e. The maximum Gasteiger partial charge on any atom is 0.234 e. The summed E-state index contributed by atoms with van der Waals surface area (Å²) >= 11 is 0. The molecule has 1 saturated heterocycles. The number of amides is 2. The average Bonchev–Trinajstić information content (AvgIpc) is 3.37. The summed E-state index contributed by atoms with van der Waals surface area (Å²) in [5.41, 5.74) is 2.91. The van der Waals surface area contributed by atoms with E-state index in [1.54, 1.807) is 19.1 Å². The Bertz CT molecular complexity index is 1380. The molecule has 216 valence electrons. The van der Waals surface area contributed by atoms with E-state index in [1.807, 2.05) is 78.7 Å². The highest BCUT2D eigenvalue weighted by molar-refractivity contribution is 5.79. The Balaban J connectivity index is 1.33. The summed E-state index contributed by atoms with van der Waals surface area (Å²) in [6.45, 7) is 1.87. The molecule has 2 aliphatic heterocycles. The van der Waals surface area contributed by atoms with Gasteiger partial charge in [-0.2, -0.15) is 0 Å². The topological polar surface area (TPSA) is 89.6 Å². The fourth-order valence-corrected chi connectivity index (χ4v) is 5.39. The van der Waals surface area contributed by atoms with Crippen LogP contribution in [0.5, 0.6) is 23.0 Å². The van der Waals surface area contributed by atoms with Crippen LogP contribution in [0.25, 0.3) is 0 Å². The summed E-state index contributed by atoms with van der Waals surface area (Å²) < 4.78 is 23.5. The Morgan fingerprint density at radius 3 is 2.61 bits per heavy atom. The molecule has 2 aliphatic rings.